The molecule has 0 aliphatic rings. The van der Waals surface area contributed by atoms with Crippen LogP contribution < -0.4 is 4.31 Å². The van der Waals surface area contributed by atoms with E-state index < -0.39 is 14.9 Å². The molecule has 21 heavy (non-hydrogen) atoms. The van der Waals surface area contributed by atoms with E-state index in [1.165, 1.54) is 30.5 Å². The SMILES string of the molecule is Cc1cc(S(=O)(=O)N(C)c2ccc([N+](=O)[O-])cn2)c(C)s1. The summed E-state index contributed by atoms with van der Waals surface area (Å²) >= 11 is 1.40. The fraction of sp³-hybridized carbons (Fsp3) is 0.250. The van der Waals surface area contributed by atoms with Crippen LogP contribution in [0.2, 0.25) is 0 Å². The molecule has 0 unspecified atom stereocenters. The second-order valence-electron chi connectivity index (χ2n) is 4.38. The quantitative estimate of drug-likeness (QED) is 0.635. The third-order valence-electron chi connectivity index (χ3n) is 2.90. The summed E-state index contributed by atoms with van der Waals surface area (Å²) in [6, 6.07) is 4.14. The number of thiophene rings is 1. The molecule has 2 aromatic rings. The Bertz CT molecular complexity index is 781. The van der Waals surface area contributed by atoms with E-state index >= 15 is 0 Å². The number of sulfonamides is 1. The fourth-order valence-electron chi connectivity index (χ4n) is 1.81. The van der Waals surface area contributed by atoms with Gasteiger partial charge in [-0.1, -0.05) is 0 Å². The summed E-state index contributed by atoms with van der Waals surface area (Å²) in [7, 11) is -2.35. The van der Waals surface area contributed by atoms with E-state index in [-0.39, 0.29) is 16.4 Å². The molecule has 0 atom stereocenters. The fourth-order valence-corrected chi connectivity index (χ4v) is 4.48. The second kappa shape index (κ2) is 5.41. The molecule has 0 aliphatic heterocycles. The lowest BCUT2D eigenvalue weighted by Gasteiger charge is -2.17. The van der Waals surface area contributed by atoms with Crippen LogP contribution in [-0.4, -0.2) is 25.4 Å². The topological polar surface area (TPSA) is 93.4 Å². The van der Waals surface area contributed by atoms with Gasteiger partial charge in [0, 0.05) is 22.9 Å². The molecule has 2 aromatic heterocycles. The smallest absolute Gasteiger partial charge is 0.258 e. The van der Waals surface area contributed by atoms with Crippen LogP contribution in [0.1, 0.15) is 9.75 Å². The number of nitrogens with zero attached hydrogens (tertiary/aromatic N) is 3. The first kappa shape index (κ1) is 15.4. The zero-order valence-corrected chi connectivity index (χ0v) is 13.2. The molecule has 0 radical (unpaired) electrons. The van der Waals surface area contributed by atoms with E-state index in [4.69, 9.17) is 0 Å². The third kappa shape index (κ3) is 2.88. The van der Waals surface area contributed by atoms with Gasteiger partial charge in [-0.15, -0.1) is 11.3 Å². The van der Waals surface area contributed by atoms with Crippen LogP contribution in [0.15, 0.2) is 29.3 Å². The van der Waals surface area contributed by atoms with Crippen molar-refractivity contribution in [2.75, 3.05) is 11.4 Å². The predicted octanol–water partition coefficient (Wildman–Crippen LogP) is 2.49. The minimum Gasteiger partial charge on any atom is -0.258 e. The maximum atomic E-state index is 12.5. The Balaban J connectivity index is 2.40. The van der Waals surface area contributed by atoms with Gasteiger partial charge in [0.05, 0.1) is 4.92 Å². The van der Waals surface area contributed by atoms with Gasteiger partial charge in [0.15, 0.2) is 0 Å². The number of hydrogen-bond acceptors (Lipinski definition) is 6. The third-order valence-corrected chi connectivity index (χ3v) is 5.88. The van der Waals surface area contributed by atoms with Gasteiger partial charge in [0.2, 0.25) is 0 Å². The second-order valence-corrected chi connectivity index (χ2v) is 7.78. The van der Waals surface area contributed by atoms with Crippen molar-refractivity contribution >= 4 is 32.9 Å². The average molecular weight is 327 g/mol. The van der Waals surface area contributed by atoms with Crippen LogP contribution in [-0.2, 0) is 10.0 Å². The van der Waals surface area contributed by atoms with Crippen LogP contribution in [0, 0.1) is 24.0 Å². The molecule has 7 nitrogen and oxygen atoms in total. The molecule has 0 aliphatic carbocycles. The van der Waals surface area contributed by atoms with Crippen molar-refractivity contribution in [3.63, 3.8) is 0 Å². The standard InChI is InChI=1S/C12H13N3O4S2/c1-8-6-11(9(2)20-8)21(18,19)14(3)12-5-4-10(7-13-12)15(16)17/h4-7H,1-3H3. The van der Waals surface area contributed by atoms with Gasteiger partial charge in [-0.05, 0) is 26.0 Å². The molecule has 0 N–H and O–H groups in total. The molecule has 0 spiro atoms. The normalized spacial score (nSPS) is 11.4. The van der Waals surface area contributed by atoms with Crippen LogP contribution in [0.5, 0.6) is 0 Å². The highest BCUT2D eigenvalue weighted by Crippen LogP contribution is 2.29. The van der Waals surface area contributed by atoms with E-state index in [1.54, 1.807) is 13.0 Å². The molecule has 0 fully saturated rings. The van der Waals surface area contributed by atoms with Gasteiger partial charge in [-0.25, -0.2) is 13.4 Å². The van der Waals surface area contributed by atoms with Gasteiger partial charge in [0.1, 0.15) is 16.9 Å². The first-order chi connectivity index (χ1) is 9.73. The molecule has 0 bridgehead atoms. The van der Waals surface area contributed by atoms with Crippen LogP contribution in [0.25, 0.3) is 0 Å². The number of rotatable bonds is 4. The van der Waals surface area contributed by atoms with E-state index in [2.05, 4.69) is 4.98 Å². The number of aryl methyl sites for hydroxylation is 2. The molecule has 2 heterocycles. The number of hydrogen-bond donors (Lipinski definition) is 0. The molecular formula is C12H13N3O4S2. The van der Waals surface area contributed by atoms with Gasteiger partial charge in [0.25, 0.3) is 15.7 Å². The zero-order valence-electron chi connectivity index (χ0n) is 11.6. The van der Waals surface area contributed by atoms with E-state index in [1.807, 2.05) is 6.92 Å². The first-order valence-corrected chi connectivity index (χ1v) is 8.15. The number of pyridine rings is 1. The molecule has 112 valence electrons. The Morgan fingerprint density at radius 1 is 1.33 bits per heavy atom. The summed E-state index contributed by atoms with van der Waals surface area (Å²) in [6.07, 6.45) is 1.03. The highest BCUT2D eigenvalue weighted by Gasteiger charge is 2.26. The first-order valence-electron chi connectivity index (χ1n) is 5.90. The lowest BCUT2D eigenvalue weighted by Crippen LogP contribution is -2.27. The van der Waals surface area contributed by atoms with Crippen molar-refractivity contribution < 1.29 is 13.3 Å². The van der Waals surface area contributed by atoms with Crippen molar-refractivity contribution in [3.05, 3.63) is 44.3 Å². The molecule has 0 saturated heterocycles. The maximum absolute atomic E-state index is 12.5. The van der Waals surface area contributed by atoms with Crippen LogP contribution in [0.3, 0.4) is 0 Å². The Kier molecular flexibility index (Phi) is 3.97. The maximum Gasteiger partial charge on any atom is 0.287 e. The molecular weight excluding hydrogens is 314 g/mol. The van der Waals surface area contributed by atoms with Crippen molar-refractivity contribution in [3.8, 4) is 0 Å². The zero-order chi connectivity index (χ0) is 15.8. The van der Waals surface area contributed by atoms with Crippen LogP contribution >= 0.6 is 11.3 Å². The summed E-state index contributed by atoms with van der Waals surface area (Å²) in [5.41, 5.74) is -0.188. The lowest BCUT2D eigenvalue weighted by molar-refractivity contribution is -0.385. The Labute approximate surface area is 126 Å². The number of anilines is 1. The van der Waals surface area contributed by atoms with E-state index in [0.29, 0.717) is 4.88 Å². The summed E-state index contributed by atoms with van der Waals surface area (Å²) in [5, 5.41) is 10.6. The highest BCUT2D eigenvalue weighted by atomic mass is 32.2. The summed E-state index contributed by atoms with van der Waals surface area (Å²) in [6.45, 7) is 3.57. The summed E-state index contributed by atoms with van der Waals surface area (Å²) in [5.74, 6) is 0.129. The number of aromatic nitrogens is 1. The minimum atomic E-state index is -3.72. The molecule has 9 heteroatoms. The average Bonchev–Trinajstić information content (AvgIpc) is 2.77. The van der Waals surface area contributed by atoms with Gasteiger partial charge >= 0.3 is 0 Å². The Hall–Kier alpha value is -2.00. The largest absolute Gasteiger partial charge is 0.287 e. The lowest BCUT2D eigenvalue weighted by atomic mass is 10.4. The van der Waals surface area contributed by atoms with Crippen molar-refractivity contribution in [1.29, 1.82) is 0 Å². The Morgan fingerprint density at radius 2 is 2.00 bits per heavy atom. The minimum absolute atomic E-state index is 0.129. The molecule has 0 aromatic carbocycles. The van der Waals surface area contributed by atoms with E-state index in [0.717, 1.165) is 15.4 Å². The highest BCUT2D eigenvalue weighted by molar-refractivity contribution is 7.93. The molecule has 0 amide bonds. The van der Waals surface area contributed by atoms with Gasteiger partial charge < -0.3 is 0 Å². The Morgan fingerprint density at radius 3 is 2.43 bits per heavy atom. The summed E-state index contributed by atoms with van der Waals surface area (Å²) in [4.78, 5) is 15.7. The van der Waals surface area contributed by atoms with Gasteiger partial charge in [-0.3, -0.25) is 14.4 Å². The number of nitro groups is 1. The van der Waals surface area contributed by atoms with Gasteiger partial charge in [-0.2, -0.15) is 0 Å². The molecule has 2 rings (SSSR count). The van der Waals surface area contributed by atoms with Crippen molar-refractivity contribution in [2.45, 2.75) is 18.7 Å². The monoisotopic (exact) mass is 327 g/mol. The van der Waals surface area contributed by atoms with Crippen molar-refractivity contribution in [2.24, 2.45) is 0 Å². The molecule has 0 saturated carbocycles. The predicted molar refractivity (Wildman–Crippen MR) is 80.3 cm³/mol. The van der Waals surface area contributed by atoms with E-state index in [9.17, 15) is 18.5 Å². The van der Waals surface area contributed by atoms with Crippen molar-refractivity contribution in [1.82, 2.24) is 4.98 Å². The summed E-state index contributed by atoms with van der Waals surface area (Å²) < 4.78 is 26.1. The van der Waals surface area contributed by atoms with Crippen LogP contribution in [0.4, 0.5) is 11.5 Å².